The maximum Gasteiger partial charge on any atom is 0.338 e. The van der Waals surface area contributed by atoms with Crippen LogP contribution in [0.1, 0.15) is 22.8 Å². The normalized spacial score (nSPS) is 11.0. The summed E-state index contributed by atoms with van der Waals surface area (Å²) in [5, 5.41) is 0. The molecule has 0 spiro atoms. The van der Waals surface area contributed by atoms with Crippen LogP contribution in [0.25, 0.3) is 0 Å². The zero-order valence-corrected chi connectivity index (χ0v) is 15.6. The summed E-state index contributed by atoms with van der Waals surface area (Å²) < 4.78 is 2.83. The van der Waals surface area contributed by atoms with Crippen molar-refractivity contribution in [2.24, 2.45) is 0 Å². The molecule has 1 amide bonds. The van der Waals surface area contributed by atoms with E-state index in [0.29, 0.717) is 11.3 Å². The Bertz CT molecular complexity index is 731. The highest BCUT2D eigenvalue weighted by molar-refractivity contribution is 6.76. The maximum atomic E-state index is 12.5. The van der Waals surface area contributed by atoms with E-state index in [1.165, 1.54) is 4.90 Å². The monoisotopic (exact) mass is 400 g/mol. The molecular weight excluding hydrogens is 387 g/mol. The summed E-state index contributed by atoms with van der Waals surface area (Å²) in [4.78, 5) is 29.5. The Morgan fingerprint density at radius 3 is 2.20 bits per heavy atom. The number of pyridine rings is 1. The zero-order chi connectivity index (χ0) is 18.4. The first-order valence-electron chi connectivity index (χ1n) is 7.37. The van der Waals surface area contributed by atoms with Gasteiger partial charge in [0, 0.05) is 18.1 Å². The van der Waals surface area contributed by atoms with Gasteiger partial charge in [0.25, 0.3) is 9.70 Å². The second-order valence-corrected chi connectivity index (χ2v) is 7.29. The fourth-order valence-electron chi connectivity index (χ4n) is 2.10. The van der Waals surface area contributed by atoms with E-state index in [1.54, 1.807) is 55.7 Å². The minimum Gasteiger partial charge on any atom is -0.462 e. The maximum absolute atomic E-state index is 12.5. The average molecular weight is 402 g/mol. The third kappa shape index (κ3) is 5.33. The third-order valence-electron chi connectivity index (χ3n) is 3.27. The van der Waals surface area contributed by atoms with E-state index in [-0.39, 0.29) is 13.2 Å². The SMILES string of the molecule is CCOC(=O)c1ccc(N(Cc2ccncc2)C(=O)C(Cl)(Cl)Cl)cc1. The van der Waals surface area contributed by atoms with E-state index in [1.807, 2.05) is 0 Å². The van der Waals surface area contributed by atoms with Crippen molar-refractivity contribution in [1.82, 2.24) is 4.98 Å². The Morgan fingerprint density at radius 2 is 1.68 bits per heavy atom. The molecular formula is C17H15Cl3N2O3. The van der Waals surface area contributed by atoms with Crippen molar-refractivity contribution in [2.45, 2.75) is 17.3 Å². The number of esters is 1. The highest BCUT2D eigenvalue weighted by Crippen LogP contribution is 2.32. The van der Waals surface area contributed by atoms with Gasteiger partial charge in [-0.05, 0) is 48.9 Å². The Labute approximate surface area is 160 Å². The molecule has 5 nitrogen and oxygen atoms in total. The predicted molar refractivity (Wildman–Crippen MR) is 98.1 cm³/mol. The fraction of sp³-hybridized carbons (Fsp3) is 0.235. The van der Waals surface area contributed by atoms with Crippen LogP contribution in [0, 0.1) is 0 Å². The molecule has 1 aromatic carbocycles. The molecule has 2 rings (SSSR count). The van der Waals surface area contributed by atoms with E-state index < -0.39 is 15.7 Å². The molecule has 1 heterocycles. The lowest BCUT2D eigenvalue weighted by Gasteiger charge is -2.26. The second kappa shape index (κ2) is 8.52. The lowest BCUT2D eigenvalue weighted by atomic mass is 10.1. The number of hydrogen-bond donors (Lipinski definition) is 0. The van der Waals surface area contributed by atoms with Gasteiger partial charge in [-0.25, -0.2) is 4.79 Å². The first-order valence-corrected chi connectivity index (χ1v) is 8.51. The largest absolute Gasteiger partial charge is 0.462 e. The van der Waals surface area contributed by atoms with Gasteiger partial charge in [0.05, 0.1) is 18.7 Å². The van der Waals surface area contributed by atoms with Crippen LogP contribution in [0.15, 0.2) is 48.8 Å². The van der Waals surface area contributed by atoms with E-state index >= 15 is 0 Å². The Hall–Kier alpha value is -1.82. The van der Waals surface area contributed by atoms with E-state index in [0.717, 1.165) is 5.56 Å². The molecule has 132 valence electrons. The zero-order valence-electron chi connectivity index (χ0n) is 13.3. The summed E-state index contributed by atoms with van der Waals surface area (Å²) in [5.41, 5.74) is 1.67. The van der Waals surface area contributed by atoms with Crippen molar-refractivity contribution in [3.63, 3.8) is 0 Å². The van der Waals surface area contributed by atoms with E-state index in [2.05, 4.69) is 4.98 Å². The lowest BCUT2D eigenvalue weighted by molar-refractivity contribution is -0.117. The Morgan fingerprint density at radius 1 is 1.08 bits per heavy atom. The van der Waals surface area contributed by atoms with Crippen molar-refractivity contribution < 1.29 is 14.3 Å². The van der Waals surface area contributed by atoms with Gasteiger partial charge in [-0.15, -0.1) is 0 Å². The van der Waals surface area contributed by atoms with Gasteiger partial charge in [0.15, 0.2) is 0 Å². The van der Waals surface area contributed by atoms with Gasteiger partial charge in [0.1, 0.15) is 0 Å². The number of nitrogens with zero attached hydrogens (tertiary/aromatic N) is 2. The van der Waals surface area contributed by atoms with Crippen LogP contribution in [0.3, 0.4) is 0 Å². The van der Waals surface area contributed by atoms with Crippen molar-refractivity contribution in [3.05, 3.63) is 59.9 Å². The molecule has 0 fully saturated rings. The van der Waals surface area contributed by atoms with Crippen molar-refractivity contribution in [2.75, 3.05) is 11.5 Å². The predicted octanol–water partition coefficient (Wildman–Crippen LogP) is 4.16. The van der Waals surface area contributed by atoms with E-state index in [4.69, 9.17) is 39.5 Å². The van der Waals surface area contributed by atoms with Gasteiger partial charge in [-0.3, -0.25) is 9.78 Å². The minimum absolute atomic E-state index is 0.189. The molecule has 0 atom stereocenters. The number of alkyl halides is 3. The minimum atomic E-state index is -2.10. The van der Waals surface area contributed by atoms with Crippen LogP contribution in [-0.4, -0.2) is 27.3 Å². The summed E-state index contributed by atoms with van der Waals surface area (Å²) in [6.45, 7) is 2.19. The number of rotatable bonds is 5. The van der Waals surface area contributed by atoms with Crippen LogP contribution < -0.4 is 4.90 Å². The fourth-order valence-corrected chi connectivity index (χ4v) is 2.40. The first-order chi connectivity index (χ1) is 11.8. The van der Waals surface area contributed by atoms with Gasteiger partial charge in [0.2, 0.25) is 0 Å². The van der Waals surface area contributed by atoms with Gasteiger partial charge in [-0.1, -0.05) is 34.8 Å². The molecule has 2 aromatic rings. The Balaban J connectivity index is 2.31. The number of halogens is 3. The topological polar surface area (TPSA) is 59.5 Å². The molecule has 8 heteroatoms. The molecule has 1 aromatic heterocycles. The molecule has 0 N–H and O–H groups in total. The number of carbonyl (C=O) groups is 2. The number of amides is 1. The molecule has 0 saturated heterocycles. The molecule has 0 aliphatic carbocycles. The van der Waals surface area contributed by atoms with Crippen LogP contribution >= 0.6 is 34.8 Å². The second-order valence-electron chi connectivity index (χ2n) is 5.01. The number of carbonyl (C=O) groups excluding carboxylic acids is 2. The highest BCUT2D eigenvalue weighted by Gasteiger charge is 2.36. The summed E-state index contributed by atoms with van der Waals surface area (Å²) in [6, 6.07) is 9.82. The smallest absolute Gasteiger partial charge is 0.338 e. The van der Waals surface area contributed by atoms with Crippen LogP contribution in [-0.2, 0) is 16.1 Å². The van der Waals surface area contributed by atoms with Crippen LogP contribution in [0.5, 0.6) is 0 Å². The van der Waals surface area contributed by atoms with Crippen molar-refractivity contribution in [3.8, 4) is 0 Å². The van der Waals surface area contributed by atoms with E-state index in [9.17, 15) is 9.59 Å². The quantitative estimate of drug-likeness (QED) is 0.557. The number of anilines is 1. The summed E-state index contributed by atoms with van der Waals surface area (Å²) in [6.07, 6.45) is 3.22. The molecule has 0 aliphatic rings. The van der Waals surface area contributed by atoms with Gasteiger partial charge in [-0.2, -0.15) is 0 Å². The number of hydrogen-bond acceptors (Lipinski definition) is 4. The van der Waals surface area contributed by atoms with Crippen molar-refractivity contribution in [1.29, 1.82) is 0 Å². The molecule has 25 heavy (non-hydrogen) atoms. The number of ether oxygens (including phenoxy) is 1. The number of benzene rings is 1. The summed E-state index contributed by atoms with van der Waals surface area (Å²) >= 11 is 17.3. The molecule has 0 saturated carbocycles. The third-order valence-corrected chi connectivity index (χ3v) is 3.75. The lowest BCUT2D eigenvalue weighted by Crippen LogP contribution is -2.39. The highest BCUT2D eigenvalue weighted by atomic mass is 35.6. The summed E-state index contributed by atoms with van der Waals surface area (Å²) in [7, 11) is 0. The average Bonchev–Trinajstić information content (AvgIpc) is 2.59. The molecule has 0 aliphatic heterocycles. The van der Waals surface area contributed by atoms with Crippen LogP contribution in [0.4, 0.5) is 5.69 Å². The Kier molecular flexibility index (Phi) is 6.64. The molecule has 0 bridgehead atoms. The standard InChI is InChI=1S/C17H15Cl3N2O3/c1-2-25-15(23)13-3-5-14(6-4-13)22(16(24)17(18,19)20)11-12-7-9-21-10-8-12/h3-10H,2,11H2,1H3. The van der Waals surface area contributed by atoms with Gasteiger partial charge < -0.3 is 9.64 Å². The first kappa shape index (κ1) is 19.5. The van der Waals surface area contributed by atoms with Crippen molar-refractivity contribution >= 4 is 52.4 Å². The number of aromatic nitrogens is 1. The summed E-state index contributed by atoms with van der Waals surface area (Å²) in [5.74, 6) is -1.14. The molecule has 0 unspecified atom stereocenters. The molecule has 0 radical (unpaired) electrons. The van der Waals surface area contributed by atoms with Crippen LogP contribution in [0.2, 0.25) is 0 Å². The van der Waals surface area contributed by atoms with Gasteiger partial charge >= 0.3 is 5.97 Å².